The molecule has 4 heteroatoms. The van der Waals surface area contributed by atoms with Crippen molar-refractivity contribution in [3.63, 3.8) is 0 Å². The highest BCUT2D eigenvalue weighted by Gasteiger charge is 2.24. The normalized spacial score (nSPS) is 16.6. The first-order chi connectivity index (χ1) is 12.6. The molecular formula is C22H18F2N2. The van der Waals surface area contributed by atoms with Gasteiger partial charge in [-0.25, -0.2) is 8.78 Å². The number of benzene rings is 2. The van der Waals surface area contributed by atoms with E-state index in [4.69, 9.17) is 0 Å². The summed E-state index contributed by atoms with van der Waals surface area (Å²) in [4.78, 5) is 8.91. The molecule has 0 aliphatic carbocycles. The zero-order valence-corrected chi connectivity index (χ0v) is 14.4. The molecule has 0 bridgehead atoms. The van der Waals surface area contributed by atoms with Gasteiger partial charge in [0.25, 0.3) is 0 Å². The second-order valence-corrected chi connectivity index (χ2v) is 6.54. The van der Waals surface area contributed by atoms with Crippen LogP contribution in [0.5, 0.6) is 0 Å². The SMILES string of the molecule is Cc1ccc(-c2ccc(C3CCC(c4c(F)cccc4F)=N3)cc2)cn1. The lowest BCUT2D eigenvalue weighted by molar-refractivity contribution is 0.578. The Bertz CT molecular complexity index is 940. The molecule has 2 heterocycles. The Morgan fingerprint density at radius 1 is 0.885 bits per heavy atom. The molecule has 1 unspecified atom stereocenters. The molecule has 4 rings (SSSR count). The maximum Gasteiger partial charge on any atom is 0.135 e. The van der Waals surface area contributed by atoms with E-state index in [1.807, 2.05) is 49.5 Å². The van der Waals surface area contributed by atoms with Gasteiger partial charge in [-0.3, -0.25) is 9.98 Å². The van der Waals surface area contributed by atoms with Crippen LogP contribution in [0, 0.1) is 18.6 Å². The number of rotatable bonds is 3. The minimum Gasteiger partial charge on any atom is -0.281 e. The third-order valence-corrected chi connectivity index (χ3v) is 4.76. The molecule has 0 saturated carbocycles. The van der Waals surface area contributed by atoms with Crippen molar-refractivity contribution in [1.29, 1.82) is 0 Å². The molecular weight excluding hydrogens is 330 g/mol. The monoisotopic (exact) mass is 348 g/mol. The fourth-order valence-corrected chi connectivity index (χ4v) is 3.33. The molecule has 1 aliphatic rings. The maximum atomic E-state index is 14.0. The first kappa shape index (κ1) is 16.6. The highest BCUT2D eigenvalue weighted by atomic mass is 19.1. The molecule has 1 aromatic heterocycles. The van der Waals surface area contributed by atoms with Crippen molar-refractivity contribution in [2.45, 2.75) is 25.8 Å². The predicted octanol–water partition coefficient (Wildman–Crippen LogP) is 5.66. The third-order valence-electron chi connectivity index (χ3n) is 4.76. The number of halogens is 2. The van der Waals surface area contributed by atoms with E-state index < -0.39 is 11.6 Å². The molecule has 0 N–H and O–H groups in total. The average Bonchev–Trinajstić information content (AvgIpc) is 3.12. The summed E-state index contributed by atoms with van der Waals surface area (Å²) in [5, 5.41) is 0. The average molecular weight is 348 g/mol. The molecule has 3 aromatic rings. The summed E-state index contributed by atoms with van der Waals surface area (Å²) in [6.07, 6.45) is 3.19. The number of aliphatic imine (C=N–C) groups is 1. The van der Waals surface area contributed by atoms with Gasteiger partial charge >= 0.3 is 0 Å². The lowest BCUT2D eigenvalue weighted by Gasteiger charge is -2.08. The Kier molecular flexibility index (Phi) is 4.33. The summed E-state index contributed by atoms with van der Waals surface area (Å²) >= 11 is 0. The Morgan fingerprint density at radius 3 is 2.23 bits per heavy atom. The second-order valence-electron chi connectivity index (χ2n) is 6.54. The van der Waals surface area contributed by atoms with Crippen LogP contribution >= 0.6 is 0 Å². The van der Waals surface area contributed by atoms with Gasteiger partial charge in [-0.1, -0.05) is 36.4 Å². The summed E-state index contributed by atoms with van der Waals surface area (Å²) in [6.45, 7) is 1.96. The first-order valence-corrected chi connectivity index (χ1v) is 8.66. The largest absolute Gasteiger partial charge is 0.281 e. The van der Waals surface area contributed by atoms with Crippen molar-refractivity contribution in [2.24, 2.45) is 4.99 Å². The number of hydrogen-bond donors (Lipinski definition) is 0. The number of nitrogens with zero attached hydrogens (tertiary/aromatic N) is 2. The van der Waals surface area contributed by atoms with Crippen LogP contribution in [0.15, 0.2) is 65.8 Å². The Morgan fingerprint density at radius 2 is 1.58 bits per heavy atom. The maximum absolute atomic E-state index is 14.0. The van der Waals surface area contributed by atoms with Crippen LogP contribution in [-0.2, 0) is 0 Å². The highest BCUT2D eigenvalue weighted by molar-refractivity contribution is 6.02. The van der Waals surface area contributed by atoms with Crippen LogP contribution in [0.4, 0.5) is 8.78 Å². The molecule has 1 atom stereocenters. The number of aryl methyl sites for hydroxylation is 1. The Labute approximate surface area is 151 Å². The van der Waals surface area contributed by atoms with E-state index in [-0.39, 0.29) is 11.6 Å². The van der Waals surface area contributed by atoms with Crippen molar-refractivity contribution in [1.82, 2.24) is 4.98 Å². The number of hydrogen-bond acceptors (Lipinski definition) is 2. The van der Waals surface area contributed by atoms with E-state index in [0.717, 1.165) is 28.8 Å². The molecule has 0 amide bonds. The standard InChI is InChI=1S/C22H18F2N2/c1-14-5-6-17(13-25-14)15-7-9-16(10-8-15)20-11-12-21(26-20)22-18(23)3-2-4-19(22)24/h2-10,13,20H,11-12H2,1H3. The second kappa shape index (κ2) is 6.79. The van der Waals surface area contributed by atoms with E-state index in [1.54, 1.807) is 0 Å². The van der Waals surface area contributed by atoms with E-state index in [1.165, 1.54) is 18.2 Å². The molecule has 0 radical (unpaired) electrons. The van der Waals surface area contributed by atoms with E-state index >= 15 is 0 Å². The van der Waals surface area contributed by atoms with Gasteiger partial charge in [-0.15, -0.1) is 0 Å². The zero-order valence-electron chi connectivity index (χ0n) is 14.4. The lowest BCUT2D eigenvalue weighted by Crippen LogP contribution is -2.03. The summed E-state index contributed by atoms with van der Waals surface area (Å²) < 4.78 is 27.9. The zero-order chi connectivity index (χ0) is 18.1. The molecule has 1 aliphatic heterocycles. The predicted molar refractivity (Wildman–Crippen MR) is 99.3 cm³/mol. The summed E-state index contributed by atoms with van der Waals surface area (Å²) in [5.41, 5.74) is 4.71. The van der Waals surface area contributed by atoms with Gasteiger partial charge in [0.15, 0.2) is 0 Å². The van der Waals surface area contributed by atoms with Gasteiger partial charge in [-0.05, 0) is 49.1 Å². The number of pyridine rings is 1. The smallest absolute Gasteiger partial charge is 0.135 e. The van der Waals surface area contributed by atoms with Crippen LogP contribution in [-0.4, -0.2) is 10.7 Å². The summed E-state index contributed by atoms with van der Waals surface area (Å²) in [5.74, 6) is -1.10. The van der Waals surface area contributed by atoms with Gasteiger partial charge < -0.3 is 0 Å². The van der Waals surface area contributed by atoms with Gasteiger partial charge in [0.1, 0.15) is 11.6 Å². The molecule has 26 heavy (non-hydrogen) atoms. The van der Waals surface area contributed by atoms with E-state index in [2.05, 4.69) is 9.98 Å². The van der Waals surface area contributed by atoms with Crippen LogP contribution in [0.3, 0.4) is 0 Å². The van der Waals surface area contributed by atoms with Gasteiger partial charge in [0.2, 0.25) is 0 Å². The van der Waals surface area contributed by atoms with Crippen molar-refractivity contribution in [3.05, 3.63) is 89.2 Å². The molecule has 2 nitrogen and oxygen atoms in total. The van der Waals surface area contributed by atoms with Crippen LogP contribution in [0.1, 0.15) is 35.7 Å². The molecule has 2 aromatic carbocycles. The summed E-state index contributed by atoms with van der Waals surface area (Å²) in [6, 6.07) is 16.0. The Hall–Kier alpha value is -2.88. The third kappa shape index (κ3) is 3.15. The lowest BCUT2D eigenvalue weighted by atomic mass is 10.00. The van der Waals surface area contributed by atoms with Gasteiger partial charge in [-0.2, -0.15) is 0 Å². The molecule has 0 saturated heterocycles. The molecule has 0 spiro atoms. The van der Waals surface area contributed by atoms with Gasteiger partial charge in [0.05, 0.1) is 11.6 Å². The molecule has 130 valence electrons. The van der Waals surface area contributed by atoms with Crippen molar-refractivity contribution in [3.8, 4) is 11.1 Å². The quantitative estimate of drug-likeness (QED) is 0.599. The summed E-state index contributed by atoms with van der Waals surface area (Å²) in [7, 11) is 0. The molecule has 0 fully saturated rings. The van der Waals surface area contributed by atoms with Crippen LogP contribution in [0.25, 0.3) is 11.1 Å². The van der Waals surface area contributed by atoms with Crippen molar-refractivity contribution >= 4 is 5.71 Å². The first-order valence-electron chi connectivity index (χ1n) is 8.66. The van der Waals surface area contributed by atoms with E-state index in [0.29, 0.717) is 12.1 Å². The van der Waals surface area contributed by atoms with Crippen molar-refractivity contribution in [2.75, 3.05) is 0 Å². The fraction of sp³-hybridized carbons (Fsp3) is 0.182. The van der Waals surface area contributed by atoms with Gasteiger partial charge in [0, 0.05) is 23.2 Å². The number of aromatic nitrogens is 1. The van der Waals surface area contributed by atoms with Crippen LogP contribution < -0.4 is 0 Å². The Balaban J connectivity index is 1.59. The minimum atomic E-state index is -0.549. The van der Waals surface area contributed by atoms with Crippen molar-refractivity contribution < 1.29 is 8.78 Å². The van der Waals surface area contributed by atoms with Crippen LogP contribution in [0.2, 0.25) is 0 Å². The van der Waals surface area contributed by atoms with E-state index in [9.17, 15) is 8.78 Å². The minimum absolute atomic E-state index is 0.0114. The fourth-order valence-electron chi connectivity index (χ4n) is 3.33. The topological polar surface area (TPSA) is 25.2 Å². The highest BCUT2D eigenvalue weighted by Crippen LogP contribution is 2.33.